The van der Waals surface area contributed by atoms with E-state index >= 15 is 0 Å². The first-order valence-electron chi connectivity index (χ1n) is 3.87. The third-order valence-corrected chi connectivity index (χ3v) is 1.77. The molecule has 6 heteroatoms. The number of benzene rings is 1. The van der Waals surface area contributed by atoms with E-state index in [0.29, 0.717) is 5.75 Å². The highest BCUT2D eigenvalue weighted by Gasteiger charge is 2.21. The van der Waals surface area contributed by atoms with Gasteiger partial charge in [-0.15, -0.1) is 0 Å². The van der Waals surface area contributed by atoms with Gasteiger partial charge >= 0.3 is 7.12 Å². The van der Waals surface area contributed by atoms with Crippen LogP contribution in [-0.2, 0) is 0 Å². The molecular weight excluding hydrogens is 190 g/mol. The maximum Gasteiger partial charge on any atom is 0.491 e. The predicted molar refractivity (Wildman–Crippen MR) is 49.3 cm³/mol. The van der Waals surface area contributed by atoms with Gasteiger partial charge in [-0.25, -0.2) is 4.39 Å². The van der Waals surface area contributed by atoms with E-state index in [1.54, 1.807) is 0 Å². The molecule has 0 saturated carbocycles. The monoisotopic (exact) mass is 200 g/mol. The topological polar surface area (TPSA) is 58.9 Å². The van der Waals surface area contributed by atoms with Crippen LogP contribution in [0.5, 0.6) is 11.5 Å². The summed E-state index contributed by atoms with van der Waals surface area (Å²) < 4.78 is 22.9. The van der Waals surface area contributed by atoms with E-state index in [1.165, 1.54) is 26.4 Å². The Hall–Kier alpha value is -1.27. The Labute approximate surface area is 81.0 Å². The van der Waals surface area contributed by atoms with E-state index in [0.717, 1.165) is 0 Å². The van der Waals surface area contributed by atoms with Gasteiger partial charge in [-0.1, -0.05) is 0 Å². The molecule has 1 rings (SSSR count). The summed E-state index contributed by atoms with van der Waals surface area (Å²) in [5, 5.41) is 17.7. The minimum atomic E-state index is -1.89. The fraction of sp³-hybridized carbons (Fsp3) is 0.250. The Bertz CT molecular complexity index is 329. The molecule has 0 atom stereocenters. The summed E-state index contributed by atoms with van der Waals surface area (Å²) in [4.78, 5) is 0. The normalized spacial score (nSPS) is 9.79. The van der Waals surface area contributed by atoms with Crippen LogP contribution in [0.4, 0.5) is 4.39 Å². The Morgan fingerprint density at radius 3 is 2.29 bits per heavy atom. The van der Waals surface area contributed by atoms with E-state index in [-0.39, 0.29) is 11.2 Å². The van der Waals surface area contributed by atoms with Crippen LogP contribution in [-0.4, -0.2) is 31.4 Å². The molecule has 0 spiro atoms. The summed E-state index contributed by atoms with van der Waals surface area (Å²) in [6.07, 6.45) is 0. The van der Waals surface area contributed by atoms with Crippen LogP contribution in [0, 0.1) is 5.82 Å². The van der Waals surface area contributed by atoms with Gasteiger partial charge in [0.25, 0.3) is 0 Å². The van der Waals surface area contributed by atoms with Gasteiger partial charge in [0.05, 0.1) is 14.2 Å². The molecule has 0 aliphatic heterocycles. The molecule has 2 N–H and O–H groups in total. The lowest BCUT2D eigenvalue weighted by Crippen LogP contribution is -2.33. The third-order valence-electron chi connectivity index (χ3n) is 1.77. The first kappa shape index (κ1) is 10.8. The van der Waals surface area contributed by atoms with Crippen molar-refractivity contribution in [3.8, 4) is 11.5 Å². The molecule has 0 fully saturated rings. The zero-order valence-corrected chi connectivity index (χ0v) is 7.82. The van der Waals surface area contributed by atoms with Gasteiger partial charge in [0, 0.05) is 11.5 Å². The molecule has 1 aromatic rings. The van der Waals surface area contributed by atoms with E-state index in [9.17, 15) is 4.39 Å². The predicted octanol–water partition coefficient (Wildman–Crippen LogP) is -0.477. The third kappa shape index (κ3) is 1.97. The summed E-state index contributed by atoms with van der Waals surface area (Å²) in [6.45, 7) is 0. The molecule has 1 aromatic carbocycles. The second kappa shape index (κ2) is 4.30. The van der Waals surface area contributed by atoms with Crippen molar-refractivity contribution in [2.24, 2.45) is 0 Å². The fourth-order valence-electron chi connectivity index (χ4n) is 1.05. The van der Waals surface area contributed by atoms with Crippen molar-refractivity contribution in [1.82, 2.24) is 0 Å². The minimum absolute atomic E-state index is 0.0903. The van der Waals surface area contributed by atoms with E-state index in [1.807, 2.05) is 0 Å². The maximum absolute atomic E-state index is 13.3. The van der Waals surface area contributed by atoms with Gasteiger partial charge in [0.1, 0.15) is 5.75 Å². The summed E-state index contributed by atoms with van der Waals surface area (Å²) in [6, 6.07) is 2.52. The van der Waals surface area contributed by atoms with Crippen LogP contribution < -0.4 is 14.9 Å². The molecule has 0 unspecified atom stereocenters. The average Bonchev–Trinajstić information content (AvgIpc) is 2.17. The lowest BCUT2D eigenvalue weighted by Gasteiger charge is -2.09. The Morgan fingerprint density at radius 2 is 1.86 bits per heavy atom. The maximum atomic E-state index is 13.3. The van der Waals surface area contributed by atoms with Gasteiger partial charge in [-0.2, -0.15) is 0 Å². The number of halogens is 1. The van der Waals surface area contributed by atoms with Crippen LogP contribution in [0.3, 0.4) is 0 Å². The highest BCUT2D eigenvalue weighted by Crippen LogP contribution is 2.21. The molecule has 0 aliphatic rings. The minimum Gasteiger partial charge on any atom is -0.497 e. The molecule has 76 valence electrons. The largest absolute Gasteiger partial charge is 0.497 e. The molecule has 0 heterocycles. The van der Waals surface area contributed by atoms with Gasteiger partial charge in [0.2, 0.25) is 0 Å². The number of rotatable bonds is 3. The summed E-state index contributed by atoms with van der Waals surface area (Å²) >= 11 is 0. The molecule has 0 bridgehead atoms. The first-order chi connectivity index (χ1) is 6.60. The Balaban J connectivity index is 3.27. The number of ether oxygens (including phenoxy) is 2. The molecule has 0 amide bonds. The van der Waals surface area contributed by atoms with Crippen LogP contribution in [0.1, 0.15) is 0 Å². The van der Waals surface area contributed by atoms with E-state index in [4.69, 9.17) is 19.5 Å². The Kier molecular flexibility index (Phi) is 3.32. The van der Waals surface area contributed by atoms with Crippen molar-refractivity contribution in [3.63, 3.8) is 0 Å². The van der Waals surface area contributed by atoms with Crippen molar-refractivity contribution in [2.45, 2.75) is 0 Å². The molecule has 14 heavy (non-hydrogen) atoms. The van der Waals surface area contributed by atoms with Crippen LogP contribution in [0.25, 0.3) is 0 Å². The number of hydrogen-bond acceptors (Lipinski definition) is 4. The van der Waals surface area contributed by atoms with Gasteiger partial charge < -0.3 is 19.5 Å². The molecule has 0 radical (unpaired) electrons. The second-order valence-electron chi connectivity index (χ2n) is 2.61. The van der Waals surface area contributed by atoms with Gasteiger partial charge in [-0.05, 0) is 6.07 Å². The van der Waals surface area contributed by atoms with Crippen molar-refractivity contribution in [3.05, 3.63) is 17.9 Å². The summed E-state index contributed by atoms with van der Waals surface area (Å²) in [5.41, 5.74) is -0.277. The second-order valence-corrected chi connectivity index (χ2v) is 2.61. The molecule has 4 nitrogen and oxygen atoms in total. The molecule has 0 aliphatic carbocycles. The van der Waals surface area contributed by atoms with Crippen LogP contribution >= 0.6 is 0 Å². The van der Waals surface area contributed by atoms with Crippen molar-refractivity contribution >= 4 is 12.6 Å². The van der Waals surface area contributed by atoms with E-state index < -0.39 is 12.9 Å². The lowest BCUT2D eigenvalue weighted by atomic mass is 9.79. The van der Waals surface area contributed by atoms with Gasteiger partial charge in [0.15, 0.2) is 11.6 Å². The first-order valence-corrected chi connectivity index (χ1v) is 3.87. The average molecular weight is 200 g/mol. The smallest absolute Gasteiger partial charge is 0.491 e. The van der Waals surface area contributed by atoms with Crippen molar-refractivity contribution in [2.75, 3.05) is 14.2 Å². The fourth-order valence-corrected chi connectivity index (χ4v) is 1.05. The molecule has 0 saturated heterocycles. The van der Waals surface area contributed by atoms with Crippen LogP contribution in [0.2, 0.25) is 0 Å². The lowest BCUT2D eigenvalue weighted by molar-refractivity contribution is 0.372. The van der Waals surface area contributed by atoms with Crippen molar-refractivity contribution < 1.29 is 23.9 Å². The number of methoxy groups -OCH3 is 2. The summed E-state index contributed by atoms with van der Waals surface area (Å²) in [5.74, 6) is -0.595. The van der Waals surface area contributed by atoms with Crippen LogP contribution in [0.15, 0.2) is 12.1 Å². The SMILES string of the molecule is COc1cc(OC)c(F)c(B(O)O)c1. The van der Waals surface area contributed by atoms with E-state index in [2.05, 4.69) is 0 Å². The molecule has 0 aromatic heterocycles. The Morgan fingerprint density at radius 1 is 1.21 bits per heavy atom. The zero-order valence-electron chi connectivity index (χ0n) is 7.82. The summed E-state index contributed by atoms with van der Waals surface area (Å²) in [7, 11) is 0.782. The standard InChI is InChI=1S/C8H10BFO4/c1-13-5-3-6(9(11)12)8(10)7(4-5)14-2/h3-4,11-12H,1-2H3. The number of hydrogen-bond donors (Lipinski definition) is 2. The van der Waals surface area contributed by atoms with Gasteiger partial charge in [-0.3, -0.25) is 0 Å². The highest BCUT2D eigenvalue weighted by atomic mass is 19.1. The van der Waals surface area contributed by atoms with Crippen molar-refractivity contribution in [1.29, 1.82) is 0 Å². The quantitative estimate of drug-likeness (QED) is 0.647. The molecular formula is C8H10BFO4. The zero-order chi connectivity index (χ0) is 10.7. The highest BCUT2D eigenvalue weighted by molar-refractivity contribution is 6.58.